The molecule has 0 aliphatic rings. The van der Waals surface area contributed by atoms with Crippen molar-refractivity contribution in [2.45, 2.75) is 0 Å². The summed E-state index contributed by atoms with van der Waals surface area (Å²) in [5.41, 5.74) is 3.06. The minimum absolute atomic E-state index is 0.400. The van der Waals surface area contributed by atoms with Gasteiger partial charge in [-0.15, -0.1) is 0 Å². The van der Waals surface area contributed by atoms with Crippen LogP contribution in [0.25, 0.3) is 39.1 Å². The average molecular weight is 452 g/mol. The molecule has 0 bridgehead atoms. The molecule has 0 radical (unpaired) electrons. The molecule has 3 aromatic carbocycles. The Morgan fingerprint density at radius 1 is 0.964 bits per heavy atom. The monoisotopic (exact) mass is 450 g/mol. The van der Waals surface area contributed by atoms with E-state index in [1.165, 1.54) is 0 Å². The first-order valence-corrected chi connectivity index (χ1v) is 9.74. The Morgan fingerprint density at radius 3 is 2.57 bits per heavy atom. The second-order valence-electron chi connectivity index (χ2n) is 6.37. The average Bonchev–Trinajstić information content (AvgIpc) is 3.08. The zero-order chi connectivity index (χ0) is 19.3. The fourth-order valence-electron chi connectivity index (χ4n) is 3.31. The predicted octanol–water partition coefficient (Wildman–Crippen LogP) is 6.21. The molecular weight excluding hydrogens is 440 g/mol. The van der Waals surface area contributed by atoms with Crippen molar-refractivity contribution in [2.75, 3.05) is 0 Å². The van der Waals surface area contributed by atoms with E-state index in [4.69, 9.17) is 21.0 Å². The van der Waals surface area contributed by atoms with Crippen LogP contribution in [0, 0.1) is 0 Å². The van der Waals surface area contributed by atoms with Gasteiger partial charge in [0.15, 0.2) is 5.82 Å². The first-order chi connectivity index (χ1) is 13.6. The lowest BCUT2D eigenvalue weighted by molar-refractivity contribution is 0.562. The molecule has 4 nitrogen and oxygen atoms in total. The molecule has 0 unspecified atom stereocenters. The topological polar surface area (TPSA) is 48.0 Å². The van der Waals surface area contributed by atoms with Gasteiger partial charge in [-0.1, -0.05) is 39.7 Å². The Balaban J connectivity index is 1.85. The minimum Gasteiger partial charge on any atom is -0.422 e. The van der Waals surface area contributed by atoms with Gasteiger partial charge < -0.3 is 4.42 Å². The third-order valence-electron chi connectivity index (χ3n) is 4.58. The van der Waals surface area contributed by atoms with Gasteiger partial charge in [0.2, 0.25) is 0 Å². The fraction of sp³-hybridized carbons (Fsp3) is 0. The summed E-state index contributed by atoms with van der Waals surface area (Å²) in [6.45, 7) is 0. The minimum atomic E-state index is -0.430. The third kappa shape index (κ3) is 2.84. The Kier molecular flexibility index (Phi) is 4.07. The molecule has 28 heavy (non-hydrogen) atoms. The highest BCUT2D eigenvalue weighted by atomic mass is 79.9. The van der Waals surface area contributed by atoms with Crippen molar-refractivity contribution in [3.8, 4) is 17.1 Å². The number of hydrogen-bond acceptors (Lipinski definition) is 3. The van der Waals surface area contributed by atoms with Crippen LogP contribution in [0.5, 0.6) is 0 Å². The first kappa shape index (κ1) is 17.2. The maximum Gasteiger partial charge on any atom is 0.347 e. The molecule has 0 saturated carbocycles. The number of hydrogen-bond donors (Lipinski definition) is 0. The van der Waals surface area contributed by atoms with E-state index in [0.29, 0.717) is 22.0 Å². The summed E-state index contributed by atoms with van der Waals surface area (Å²) in [7, 11) is 0. The highest BCUT2D eigenvalue weighted by Crippen LogP contribution is 2.29. The molecule has 0 amide bonds. The van der Waals surface area contributed by atoms with Crippen molar-refractivity contribution in [1.29, 1.82) is 0 Å². The third-order valence-corrected chi connectivity index (χ3v) is 5.33. The lowest BCUT2D eigenvalue weighted by Crippen LogP contribution is -2.07. The highest BCUT2D eigenvalue weighted by Gasteiger charge is 2.18. The van der Waals surface area contributed by atoms with Crippen molar-refractivity contribution < 1.29 is 4.42 Å². The molecule has 0 atom stereocenters. The molecule has 0 fully saturated rings. The van der Waals surface area contributed by atoms with Crippen molar-refractivity contribution >= 4 is 49.5 Å². The van der Waals surface area contributed by atoms with E-state index in [2.05, 4.69) is 15.9 Å². The van der Waals surface area contributed by atoms with Crippen LogP contribution in [0.15, 0.2) is 86.5 Å². The molecule has 0 spiro atoms. The number of aromatic nitrogens is 2. The molecule has 5 aromatic rings. The van der Waals surface area contributed by atoms with Crippen LogP contribution in [0.3, 0.4) is 0 Å². The number of rotatable bonds is 2. The highest BCUT2D eigenvalue weighted by molar-refractivity contribution is 9.10. The van der Waals surface area contributed by atoms with Crippen LogP contribution in [0.4, 0.5) is 0 Å². The van der Waals surface area contributed by atoms with Crippen LogP contribution in [-0.2, 0) is 0 Å². The number of fused-ring (bicyclic) bond motifs is 2. The molecule has 5 rings (SSSR count). The van der Waals surface area contributed by atoms with Crippen LogP contribution < -0.4 is 5.63 Å². The first-order valence-electron chi connectivity index (χ1n) is 8.57. The number of benzene rings is 3. The second-order valence-corrected chi connectivity index (χ2v) is 7.72. The Morgan fingerprint density at radius 2 is 1.75 bits per heavy atom. The van der Waals surface area contributed by atoms with E-state index in [-0.39, 0.29) is 0 Å². The van der Waals surface area contributed by atoms with Gasteiger partial charge in [-0.2, -0.15) is 0 Å². The largest absolute Gasteiger partial charge is 0.422 e. The molecule has 2 heterocycles. The van der Waals surface area contributed by atoms with Crippen molar-refractivity contribution in [1.82, 2.24) is 9.55 Å². The smallest absolute Gasteiger partial charge is 0.347 e. The van der Waals surface area contributed by atoms with E-state index in [9.17, 15) is 4.79 Å². The number of halogens is 2. The van der Waals surface area contributed by atoms with Gasteiger partial charge in [0.25, 0.3) is 0 Å². The quantitative estimate of drug-likeness (QED) is 0.300. The normalized spacial score (nSPS) is 11.4. The molecule has 136 valence electrons. The van der Waals surface area contributed by atoms with Crippen LogP contribution >= 0.6 is 27.5 Å². The summed E-state index contributed by atoms with van der Waals surface area (Å²) in [5, 5.41) is 1.46. The maximum atomic E-state index is 12.8. The molecule has 6 heteroatoms. The summed E-state index contributed by atoms with van der Waals surface area (Å²) in [4.78, 5) is 17.5. The summed E-state index contributed by atoms with van der Waals surface area (Å²) in [6, 6.07) is 22.5. The Bertz CT molecular complexity index is 1400. The summed E-state index contributed by atoms with van der Waals surface area (Å²) in [6.07, 6.45) is 0. The van der Waals surface area contributed by atoms with Gasteiger partial charge in [0.1, 0.15) is 11.1 Å². The van der Waals surface area contributed by atoms with E-state index < -0.39 is 5.63 Å². The van der Waals surface area contributed by atoms with Gasteiger partial charge in [0, 0.05) is 20.6 Å². The van der Waals surface area contributed by atoms with Crippen molar-refractivity contribution in [2.24, 2.45) is 0 Å². The van der Waals surface area contributed by atoms with Crippen LogP contribution in [0.2, 0.25) is 5.02 Å². The van der Waals surface area contributed by atoms with E-state index in [1.807, 2.05) is 71.3 Å². The lowest BCUT2D eigenvalue weighted by atomic mass is 10.1. The number of para-hydroxylation sites is 2. The summed E-state index contributed by atoms with van der Waals surface area (Å²) in [5.74, 6) is 0.527. The Labute approximate surface area is 173 Å². The summed E-state index contributed by atoms with van der Waals surface area (Å²) < 4.78 is 8.41. The predicted molar refractivity (Wildman–Crippen MR) is 115 cm³/mol. The van der Waals surface area contributed by atoms with E-state index in [1.54, 1.807) is 6.07 Å². The van der Waals surface area contributed by atoms with Crippen LogP contribution in [0.1, 0.15) is 0 Å². The molecular formula is C22H12BrClN2O2. The zero-order valence-corrected chi connectivity index (χ0v) is 16.7. The molecule has 2 aromatic heterocycles. The molecule has 0 aliphatic carbocycles. The Hall–Kier alpha value is -2.89. The summed E-state index contributed by atoms with van der Waals surface area (Å²) >= 11 is 9.52. The maximum absolute atomic E-state index is 12.8. The molecule has 0 N–H and O–H groups in total. The van der Waals surface area contributed by atoms with Gasteiger partial charge in [-0.05, 0) is 60.7 Å². The van der Waals surface area contributed by atoms with Gasteiger partial charge in [-0.3, -0.25) is 4.57 Å². The molecule has 0 saturated heterocycles. The van der Waals surface area contributed by atoms with Crippen molar-refractivity contribution in [3.63, 3.8) is 0 Å². The number of nitrogens with zero attached hydrogens (tertiary/aromatic N) is 2. The SMILES string of the molecule is O=c1oc2ccc(Br)cc2cc1-c1nc2ccccc2n1-c1ccc(Cl)cc1. The zero-order valence-electron chi connectivity index (χ0n) is 14.4. The van der Waals surface area contributed by atoms with Crippen LogP contribution in [-0.4, -0.2) is 9.55 Å². The lowest BCUT2D eigenvalue weighted by Gasteiger charge is -2.09. The van der Waals surface area contributed by atoms with E-state index >= 15 is 0 Å². The van der Waals surface area contributed by atoms with Crippen molar-refractivity contribution in [3.05, 3.63) is 92.7 Å². The van der Waals surface area contributed by atoms with Gasteiger partial charge >= 0.3 is 5.63 Å². The molecule has 0 aliphatic heterocycles. The number of imidazole rings is 1. The second kappa shape index (κ2) is 6.62. The van der Waals surface area contributed by atoms with E-state index in [0.717, 1.165) is 26.6 Å². The standard InChI is InChI=1S/C22H12BrClN2O2/c23-14-5-10-20-13(11-14)12-17(22(27)28-20)21-25-18-3-1-2-4-19(18)26(21)16-8-6-15(24)7-9-16/h1-12H. The fourth-order valence-corrected chi connectivity index (χ4v) is 3.81. The van der Waals surface area contributed by atoms with Gasteiger partial charge in [-0.25, -0.2) is 9.78 Å². The van der Waals surface area contributed by atoms with Gasteiger partial charge in [0.05, 0.1) is 11.0 Å².